The van der Waals surface area contributed by atoms with Crippen LogP contribution in [0.4, 0.5) is 0 Å². The fraction of sp³-hybridized carbons (Fsp3) is 0.857. The minimum atomic E-state index is 0.176. The van der Waals surface area contributed by atoms with Crippen molar-refractivity contribution in [3.63, 3.8) is 0 Å². The van der Waals surface area contributed by atoms with Crippen LogP contribution in [0.3, 0.4) is 0 Å². The Morgan fingerprint density at radius 3 is 3.05 bits per heavy atom. The van der Waals surface area contributed by atoms with Crippen LogP contribution >= 0.6 is 23.5 Å². The van der Waals surface area contributed by atoms with Gasteiger partial charge in [0.1, 0.15) is 4.38 Å². The van der Waals surface area contributed by atoms with Crippen LogP contribution in [0.25, 0.3) is 0 Å². The standard InChI is InChI=1S/C14H22N2OS2/c1-9(12-7-10-2-3-11(12)6-10)16-13(17)8-19-14-15-4-5-18-14/h9-12H,2-8H2,1H3,(H,16,17)/t9-,10-,11-,12-/m0/s1. The smallest absolute Gasteiger partial charge is 0.230 e. The Balaban J connectivity index is 1.41. The molecular formula is C14H22N2OS2. The second-order valence-corrected chi connectivity index (χ2v) is 8.29. The summed E-state index contributed by atoms with van der Waals surface area (Å²) in [4.78, 5) is 16.3. The van der Waals surface area contributed by atoms with Gasteiger partial charge in [-0.3, -0.25) is 9.79 Å². The molecule has 1 N–H and O–H groups in total. The minimum Gasteiger partial charge on any atom is -0.353 e. The molecule has 106 valence electrons. The van der Waals surface area contributed by atoms with Gasteiger partial charge >= 0.3 is 0 Å². The van der Waals surface area contributed by atoms with E-state index in [2.05, 4.69) is 17.2 Å². The van der Waals surface area contributed by atoms with Gasteiger partial charge in [-0.05, 0) is 43.9 Å². The molecule has 1 aliphatic heterocycles. The summed E-state index contributed by atoms with van der Waals surface area (Å²) >= 11 is 3.36. The molecule has 0 aromatic rings. The Morgan fingerprint density at radius 2 is 2.42 bits per heavy atom. The Hall–Kier alpha value is -0.160. The van der Waals surface area contributed by atoms with E-state index in [0.717, 1.165) is 34.4 Å². The van der Waals surface area contributed by atoms with Crippen LogP contribution in [0.5, 0.6) is 0 Å². The quantitative estimate of drug-likeness (QED) is 0.867. The van der Waals surface area contributed by atoms with E-state index < -0.39 is 0 Å². The second-order valence-electron chi connectivity index (χ2n) is 5.98. The van der Waals surface area contributed by atoms with Crippen molar-refractivity contribution in [1.82, 2.24) is 5.32 Å². The molecule has 1 amide bonds. The summed E-state index contributed by atoms with van der Waals surface area (Å²) in [6, 6.07) is 0.349. The van der Waals surface area contributed by atoms with Gasteiger partial charge in [-0.2, -0.15) is 0 Å². The molecule has 3 nitrogen and oxygen atoms in total. The van der Waals surface area contributed by atoms with Crippen molar-refractivity contribution in [2.45, 2.75) is 38.6 Å². The van der Waals surface area contributed by atoms with Crippen molar-refractivity contribution < 1.29 is 4.79 Å². The summed E-state index contributed by atoms with van der Waals surface area (Å²) in [5.41, 5.74) is 0. The molecule has 0 unspecified atom stereocenters. The zero-order chi connectivity index (χ0) is 13.2. The Labute approximate surface area is 123 Å². The van der Waals surface area contributed by atoms with Crippen molar-refractivity contribution in [2.24, 2.45) is 22.7 Å². The number of hydrogen-bond donors (Lipinski definition) is 1. The van der Waals surface area contributed by atoms with Gasteiger partial charge in [0.2, 0.25) is 5.91 Å². The first-order valence-corrected chi connectivity index (χ1v) is 9.29. The molecule has 2 aliphatic carbocycles. The van der Waals surface area contributed by atoms with Crippen LogP contribution in [0.2, 0.25) is 0 Å². The highest BCUT2D eigenvalue weighted by molar-refractivity contribution is 8.39. The van der Waals surface area contributed by atoms with Crippen LogP contribution < -0.4 is 5.32 Å². The molecule has 2 fully saturated rings. The summed E-state index contributed by atoms with van der Waals surface area (Å²) in [6.45, 7) is 3.10. The lowest BCUT2D eigenvalue weighted by Crippen LogP contribution is -2.41. The Morgan fingerprint density at radius 1 is 1.53 bits per heavy atom. The first-order chi connectivity index (χ1) is 9.22. The number of carbonyl (C=O) groups is 1. The van der Waals surface area contributed by atoms with E-state index in [9.17, 15) is 4.79 Å². The lowest BCUT2D eigenvalue weighted by atomic mass is 9.84. The van der Waals surface area contributed by atoms with Crippen LogP contribution in [-0.2, 0) is 4.79 Å². The zero-order valence-electron chi connectivity index (χ0n) is 11.4. The topological polar surface area (TPSA) is 41.5 Å². The van der Waals surface area contributed by atoms with Crippen molar-refractivity contribution in [3.8, 4) is 0 Å². The van der Waals surface area contributed by atoms with Gasteiger partial charge in [-0.15, -0.1) is 0 Å². The average molecular weight is 298 g/mol. The summed E-state index contributed by atoms with van der Waals surface area (Å²) in [5, 5.41) is 3.21. The van der Waals surface area contributed by atoms with Gasteiger partial charge in [-0.25, -0.2) is 0 Å². The molecule has 0 radical (unpaired) electrons. The normalized spacial score (nSPS) is 34.4. The maximum absolute atomic E-state index is 12.0. The Bertz CT molecular complexity index is 386. The maximum Gasteiger partial charge on any atom is 0.230 e. The van der Waals surface area contributed by atoms with E-state index in [1.807, 2.05) is 0 Å². The fourth-order valence-corrected chi connectivity index (χ4v) is 5.66. The van der Waals surface area contributed by atoms with E-state index >= 15 is 0 Å². The van der Waals surface area contributed by atoms with Gasteiger partial charge in [-0.1, -0.05) is 29.9 Å². The molecule has 2 bridgehead atoms. The molecule has 5 heteroatoms. The lowest BCUT2D eigenvalue weighted by Gasteiger charge is -2.28. The number of thioether (sulfide) groups is 2. The highest BCUT2D eigenvalue weighted by atomic mass is 32.2. The molecule has 2 saturated carbocycles. The predicted molar refractivity (Wildman–Crippen MR) is 83.8 cm³/mol. The third-order valence-corrected chi connectivity index (χ3v) is 6.96. The van der Waals surface area contributed by atoms with Crippen molar-refractivity contribution in [1.29, 1.82) is 0 Å². The van der Waals surface area contributed by atoms with Crippen LogP contribution in [-0.4, -0.2) is 34.4 Å². The monoisotopic (exact) mass is 298 g/mol. The first kappa shape index (κ1) is 13.8. The molecule has 0 aromatic carbocycles. The maximum atomic E-state index is 12.0. The number of hydrogen-bond acceptors (Lipinski definition) is 4. The summed E-state index contributed by atoms with van der Waals surface area (Å²) in [6.07, 6.45) is 5.56. The Kier molecular flexibility index (Phi) is 4.42. The summed E-state index contributed by atoms with van der Waals surface area (Å²) in [7, 11) is 0. The number of nitrogens with zero attached hydrogens (tertiary/aromatic N) is 1. The zero-order valence-corrected chi connectivity index (χ0v) is 13.1. The van der Waals surface area contributed by atoms with Gasteiger partial charge in [0.15, 0.2) is 0 Å². The number of carbonyl (C=O) groups excluding carboxylic acids is 1. The van der Waals surface area contributed by atoms with Crippen molar-refractivity contribution in [2.75, 3.05) is 18.1 Å². The highest BCUT2D eigenvalue weighted by Gasteiger charge is 2.42. The lowest BCUT2D eigenvalue weighted by molar-refractivity contribution is -0.119. The number of nitrogens with one attached hydrogen (secondary N) is 1. The molecule has 3 rings (SSSR count). The third-order valence-electron chi connectivity index (χ3n) is 4.71. The largest absolute Gasteiger partial charge is 0.353 e. The van der Waals surface area contributed by atoms with E-state index in [-0.39, 0.29) is 5.91 Å². The molecule has 0 aromatic heterocycles. The average Bonchev–Trinajstić information content (AvgIpc) is 3.13. The van der Waals surface area contributed by atoms with Crippen molar-refractivity contribution in [3.05, 3.63) is 0 Å². The molecule has 4 atom stereocenters. The fourth-order valence-electron chi connectivity index (χ4n) is 3.84. The SMILES string of the molecule is C[C@H](NC(=O)CSC1=NCCS1)[C@@H]1C[C@H]2CC[C@H]1C2. The summed E-state index contributed by atoms with van der Waals surface area (Å²) in [5.74, 6) is 4.33. The summed E-state index contributed by atoms with van der Waals surface area (Å²) < 4.78 is 1.09. The van der Waals surface area contributed by atoms with E-state index in [0.29, 0.717) is 11.8 Å². The molecule has 19 heavy (non-hydrogen) atoms. The highest BCUT2D eigenvalue weighted by Crippen LogP contribution is 2.49. The van der Waals surface area contributed by atoms with Crippen molar-refractivity contribution >= 4 is 33.8 Å². The molecule has 3 aliphatic rings. The number of fused-ring (bicyclic) bond motifs is 2. The minimum absolute atomic E-state index is 0.176. The molecular weight excluding hydrogens is 276 g/mol. The van der Waals surface area contributed by atoms with Gasteiger partial charge in [0.25, 0.3) is 0 Å². The van der Waals surface area contributed by atoms with Gasteiger partial charge in [0.05, 0.1) is 12.3 Å². The van der Waals surface area contributed by atoms with E-state index in [1.54, 1.807) is 23.5 Å². The van der Waals surface area contributed by atoms with Crippen LogP contribution in [0.15, 0.2) is 4.99 Å². The van der Waals surface area contributed by atoms with Crippen LogP contribution in [0, 0.1) is 17.8 Å². The molecule has 0 spiro atoms. The predicted octanol–water partition coefficient (Wildman–Crippen LogP) is 2.76. The first-order valence-electron chi connectivity index (χ1n) is 7.32. The number of aliphatic imine (C=N–C) groups is 1. The van der Waals surface area contributed by atoms with E-state index in [4.69, 9.17) is 0 Å². The van der Waals surface area contributed by atoms with E-state index in [1.165, 1.54) is 25.7 Å². The second kappa shape index (κ2) is 6.08. The molecule has 1 heterocycles. The number of amides is 1. The van der Waals surface area contributed by atoms with Gasteiger partial charge in [0, 0.05) is 11.8 Å². The third kappa shape index (κ3) is 3.30. The molecule has 0 saturated heterocycles. The van der Waals surface area contributed by atoms with Crippen LogP contribution in [0.1, 0.15) is 32.6 Å². The van der Waals surface area contributed by atoms with Gasteiger partial charge < -0.3 is 5.32 Å². The number of rotatable bonds is 4.